The van der Waals surface area contributed by atoms with Gasteiger partial charge in [0.2, 0.25) is 5.91 Å². The number of amides is 1. The van der Waals surface area contributed by atoms with Crippen molar-refractivity contribution in [2.75, 3.05) is 5.32 Å². The van der Waals surface area contributed by atoms with Crippen molar-refractivity contribution in [1.29, 1.82) is 0 Å². The van der Waals surface area contributed by atoms with Gasteiger partial charge in [-0.1, -0.05) is 11.8 Å². The van der Waals surface area contributed by atoms with E-state index in [1.165, 1.54) is 29.4 Å². The molecule has 0 aromatic carbocycles. The second-order valence-corrected chi connectivity index (χ2v) is 5.84. The Hall–Kier alpha value is -1.47. The van der Waals surface area contributed by atoms with E-state index in [1.54, 1.807) is 6.20 Å². The number of hydrogen-bond donors (Lipinski definition) is 1. The number of nitrogens with one attached hydrogen (secondary N) is 1. The minimum Gasteiger partial charge on any atom is -0.301 e. The van der Waals surface area contributed by atoms with Gasteiger partial charge in [-0.15, -0.1) is 11.3 Å². The summed E-state index contributed by atoms with van der Waals surface area (Å²) in [4.78, 5) is 24.0. The van der Waals surface area contributed by atoms with Crippen LogP contribution >= 0.6 is 23.1 Å². The highest BCUT2D eigenvalue weighted by molar-refractivity contribution is 8.00. The van der Waals surface area contributed by atoms with Gasteiger partial charge in [-0.25, -0.2) is 15.0 Å². The summed E-state index contributed by atoms with van der Waals surface area (Å²) in [6.45, 7) is 3.73. The third-order valence-corrected chi connectivity index (χ3v) is 3.83. The van der Waals surface area contributed by atoms with E-state index in [4.69, 9.17) is 0 Å². The highest BCUT2D eigenvalue weighted by Crippen LogP contribution is 2.22. The number of rotatable bonds is 4. The maximum Gasteiger partial charge on any atom is 0.239 e. The number of carbonyl (C=O) groups excluding carboxylic acids is 1. The van der Waals surface area contributed by atoms with Gasteiger partial charge < -0.3 is 5.32 Å². The summed E-state index contributed by atoms with van der Waals surface area (Å²) in [5, 5.41) is 5.76. The minimum absolute atomic E-state index is 0.0776. The summed E-state index contributed by atoms with van der Waals surface area (Å²) >= 11 is 2.80. The summed E-state index contributed by atoms with van der Waals surface area (Å²) in [6.07, 6.45) is 3.16. The van der Waals surface area contributed by atoms with E-state index >= 15 is 0 Å². The molecule has 0 aliphatic rings. The molecule has 0 radical (unpaired) electrons. The first-order valence-corrected chi connectivity index (χ1v) is 7.07. The van der Waals surface area contributed by atoms with Gasteiger partial charge in [0.25, 0.3) is 0 Å². The quantitative estimate of drug-likeness (QED) is 0.688. The average molecular weight is 280 g/mol. The Morgan fingerprint density at radius 3 is 2.94 bits per heavy atom. The Morgan fingerprint density at radius 2 is 2.28 bits per heavy atom. The zero-order valence-corrected chi connectivity index (χ0v) is 11.6. The molecule has 0 fully saturated rings. The first kappa shape index (κ1) is 13.0. The van der Waals surface area contributed by atoms with E-state index in [9.17, 15) is 4.79 Å². The zero-order valence-electron chi connectivity index (χ0n) is 9.95. The van der Waals surface area contributed by atoms with Crippen LogP contribution in [0, 0.1) is 6.92 Å². The van der Waals surface area contributed by atoms with Crippen molar-refractivity contribution in [1.82, 2.24) is 15.0 Å². The largest absolute Gasteiger partial charge is 0.301 e. The van der Waals surface area contributed by atoms with Crippen LogP contribution in [0.25, 0.3) is 0 Å². The Kier molecular flexibility index (Phi) is 4.27. The molecule has 0 saturated heterocycles. The molecule has 1 N–H and O–H groups in total. The predicted octanol–water partition coefficient (Wildman–Crippen LogP) is 2.36. The maximum absolute atomic E-state index is 11.9. The molecule has 2 aromatic heterocycles. The molecule has 2 heterocycles. The molecule has 2 aromatic rings. The Balaban J connectivity index is 1.95. The molecular weight excluding hydrogens is 268 g/mol. The van der Waals surface area contributed by atoms with Gasteiger partial charge in [0, 0.05) is 17.3 Å². The Labute approximate surface area is 113 Å². The average Bonchev–Trinajstić information content (AvgIpc) is 2.81. The number of aryl methyl sites for hydroxylation is 1. The number of carbonyl (C=O) groups is 1. The predicted molar refractivity (Wildman–Crippen MR) is 72.8 cm³/mol. The van der Waals surface area contributed by atoms with Crippen LogP contribution < -0.4 is 5.32 Å². The van der Waals surface area contributed by atoms with E-state index in [0.717, 1.165) is 10.7 Å². The van der Waals surface area contributed by atoms with Crippen LogP contribution in [0.2, 0.25) is 0 Å². The van der Waals surface area contributed by atoms with E-state index in [-0.39, 0.29) is 11.2 Å². The van der Waals surface area contributed by atoms with Gasteiger partial charge in [-0.3, -0.25) is 4.79 Å². The van der Waals surface area contributed by atoms with Gasteiger partial charge in [0.1, 0.15) is 11.4 Å². The van der Waals surface area contributed by atoms with E-state index in [2.05, 4.69) is 20.3 Å². The van der Waals surface area contributed by atoms with Gasteiger partial charge in [0.05, 0.1) is 5.25 Å². The molecule has 94 valence electrons. The summed E-state index contributed by atoms with van der Waals surface area (Å²) in [7, 11) is 0. The second kappa shape index (κ2) is 5.92. The fraction of sp³-hybridized carbons (Fsp3) is 0.273. The van der Waals surface area contributed by atoms with Crippen molar-refractivity contribution in [2.24, 2.45) is 0 Å². The van der Waals surface area contributed by atoms with Gasteiger partial charge in [0.15, 0.2) is 5.13 Å². The molecule has 0 unspecified atom stereocenters. The summed E-state index contributed by atoms with van der Waals surface area (Å²) in [6, 6.07) is 1.86. The Morgan fingerprint density at radius 1 is 1.44 bits per heavy atom. The topological polar surface area (TPSA) is 67.8 Å². The fourth-order valence-corrected chi connectivity index (χ4v) is 2.63. The van der Waals surface area contributed by atoms with E-state index in [0.29, 0.717) is 5.13 Å². The summed E-state index contributed by atoms with van der Waals surface area (Å²) in [5.74, 6) is -0.0776. The normalized spacial score (nSPS) is 12.1. The molecule has 5 nitrogen and oxygen atoms in total. The summed E-state index contributed by atoms with van der Waals surface area (Å²) < 4.78 is 0. The highest BCUT2D eigenvalue weighted by Gasteiger charge is 2.16. The van der Waals surface area contributed by atoms with Crippen molar-refractivity contribution in [2.45, 2.75) is 24.1 Å². The molecule has 1 atom stereocenters. The lowest BCUT2D eigenvalue weighted by Gasteiger charge is -2.09. The van der Waals surface area contributed by atoms with Crippen LogP contribution in [-0.4, -0.2) is 26.1 Å². The third kappa shape index (κ3) is 3.51. The van der Waals surface area contributed by atoms with Crippen molar-refractivity contribution in [3.63, 3.8) is 0 Å². The van der Waals surface area contributed by atoms with Gasteiger partial charge in [-0.05, 0) is 19.9 Å². The van der Waals surface area contributed by atoms with Gasteiger partial charge >= 0.3 is 0 Å². The number of thiazole rings is 1. The van der Waals surface area contributed by atoms with E-state index in [1.807, 2.05) is 25.3 Å². The first-order valence-electron chi connectivity index (χ1n) is 5.31. The number of nitrogens with zero attached hydrogens (tertiary/aromatic N) is 3. The van der Waals surface area contributed by atoms with Crippen LogP contribution in [0.1, 0.15) is 12.6 Å². The molecule has 0 saturated carbocycles. The van der Waals surface area contributed by atoms with Crippen LogP contribution in [-0.2, 0) is 4.79 Å². The molecule has 18 heavy (non-hydrogen) atoms. The van der Waals surface area contributed by atoms with Crippen LogP contribution in [0.3, 0.4) is 0 Å². The lowest BCUT2D eigenvalue weighted by atomic mass is 10.4. The van der Waals surface area contributed by atoms with Crippen LogP contribution in [0.4, 0.5) is 5.13 Å². The lowest BCUT2D eigenvalue weighted by Crippen LogP contribution is -2.22. The van der Waals surface area contributed by atoms with E-state index < -0.39 is 0 Å². The second-order valence-electron chi connectivity index (χ2n) is 3.58. The van der Waals surface area contributed by atoms with Crippen molar-refractivity contribution in [3.05, 3.63) is 29.7 Å². The smallest absolute Gasteiger partial charge is 0.239 e. The van der Waals surface area contributed by atoms with Gasteiger partial charge in [-0.2, -0.15) is 0 Å². The molecule has 0 aliphatic carbocycles. The fourth-order valence-electron chi connectivity index (χ4n) is 1.22. The van der Waals surface area contributed by atoms with Crippen molar-refractivity contribution >= 4 is 34.1 Å². The standard InChI is InChI=1S/C11H12N4OS2/c1-7-5-9(14-6-13-7)18-8(2)10(16)15-11-12-3-4-17-11/h3-6,8H,1-2H3,(H,12,15,16)/t8-/m0/s1. The van der Waals surface area contributed by atoms with Crippen LogP contribution in [0.15, 0.2) is 29.0 Å². The Bertz CT molecular complexity index is 530. The molecule has 1 amide bonds. The minimum atomic E-state index is -0.233. The number of anilines is 1. The summed E-state index contributed by atoms with van der Waals surface area (Å²) in [5.41, 5.74) is 0.889. The molecular formula is C11H12N4OS2. The highest BCUT2D eigenvalue weighted by atomic mass is 32.2. The molecule has 7 heteroatoms. The van der Waals surface area contributed by atoms with Crippen molar-refractivity contribution < 1.29 is 4.79 Å². The van der Waals surface area contributed by atoms with Crippen LogP contribution in [0.5, 0.6) is 0 Å². The first-order chi connectivity index (χ1) is 8.65. The number of aromatic nitrogens is 3. The molecule has 0 bridgehead atoms. The monoisotopic (exact) mass is 280 g/mol. The molecule has 2 rings (SSSR count). The zero-order chi connectivity index (χ0) is 13.0. The molecule has 0 aliphatic heterocycles. The SMILES string of the molecule is Cc1cc(S[C@@H](C)C(=O)Nc2nccs2)ncn1. The third-order valence-electron chi connectivity index (χ3n) is 2.11. The number of thioether (sulfide) groups is 1. The lowest BCUT2D eigenvalue weighted by molar-refractivity contribution is -0.115. The van der Waals surface area contributed by atoms with Crippen molar-refractivity contribution in [3.8, 4) is 0 Å². The maximum atomic E-state index is 11.9. The number of hydrogen-bond acceptors (Lipinski definition) is 6. The molecule has 0 spiro atoms.